The molecule has 0 atom stereocenters. The molecule has 0 aliphatic heterocycles. The van der Waals surface area contributed by atoms with E-state index in [1.165, 1.54) is 0 Å². The van der Waals surface area contributed by atoms with E-state index in [-0.39, 0.29) is 0 Å². The SMILES string of the molecule is Cc1ccnc(Nc2cc(Br)ccc2Cl)c1C#N. The molecule has 2 aromatic rings. The fourth-order valence-electron chi connectivity index (χ4n) is 1.52. The lowest BCUT2D eigenvalue weighted by Crippen LogP contribution is -1.99. The van der Waals surface area contributed by atoms with E-state index in [0.717, 1.165) is 10.0 Å². The van der Waals surface area contributed by atoms with Gasteiger partial charge in [-0.25, -0.2) is 4.98 Å². The maximum Gasteiger partial charge on any atom is 0.148 e. The zero-order valence-electron chi connectivity index (χ0n) is 9.54. The standard InChI is InChI=1S/C13H9BrClN3/c1-8-4-5-17-13(10(8)7-16)18-12-6-9(14)2-3-11(12)15/h2-6H,1H3,(H,17,18). The summed E-state index contributed by atoms with van der Waals surface area (Å²) in [5, 5.41) is 12.8. The third kappa shape index (κ3) is 2.63. The van der Waals surface area contributed by atoms with Gasteiger partial charge in [0, 0.05) is 10.7 Å². The van der Waals surface area contributed by atoms with Gasteiger partial charge in [-0.15, -0.1) is 0 Å². The number of nitrogens with one attached hydrogen (secondary N) is 1. The lowest BCUT2D eigenvalue weighted by Gasteiger charge is -2.10. The highest BCUT2D eigenvalue weighted by Gasteiger charge is 2.08. The highest BCUT2D eigenvalue weighted by Crippen LogP contribution is 2.29. The third-order valence-corrected chi connectivity index (χ3v) is 3.28. The van der Waals surface area contributed by atoms with Crippen LogP contribution in [0.4, 0.5) is 11.5 Å². The van der Waals surface area contributed by atoms with Crippen LogP contribution in [0, 0.1) is 18.3 Å². The third-order valence-electron chi connectivity index (χ3n) is 2.45. The summed E-state index contributed by atoms with van der Waals surface area (Å²) in [6.45, 7) is 1.87. The number of nitriles is 1. The molecular weight excluding hydrogens is 314 g/mol. The van der Waals surface area contributed by atoms with Crippen LogP contribution < -0.4 is 5.32 Å². The van der Waals surface area contributed by atoms with Gasteiger partial charge in [-0.1, -0.05) is 27.5 Å². The van der Waals surface area contributed by atoms with E-state index in [2.05, 4.69) is 32.3 Å². The summed E-state index contributed by atoms with van der Waals surface area (Å²) in [6.07, 6.45) is 1.66. The van der Waals surface area contributed by atoms with E-state index in [1.807, 2.05) is 19.1 Å². The van der Waals surface area contributed by atoms with E-state index in [1.54, 1.807) is 18.3 Å². The summed E-state index contributed by atoms with van der Waals surface area (Å²) in [4.78, 5) is 4.17. The maximum atomic E-state index is 9.13. The molecule has 0 spiro atoms. The Balaban J connectivity index is 2.44. The Bertz CT molecular complexity index is 635. The van der Waals surface area contributed by atoms with Crippen molar-refractivity contribution in [2.24, 2.45) is 0 Å². The molecule has 0 aliphatic carbocycles. The highest BCUT2D eigenvalue weighted by atomic mass is 79.9. The van der Waals surface area contributed by atoms with Gasteiger partial charge in [-0.05, 0) is 36.8 Å². The largest absolute Gasteiger partial charge is 0.338 e. The van der Waals surface area contributed by atoms with Crippen LogP contribution in [0.1, 0.15) is 11.1 Å². The number of aromatic nitrogens is 1. The number of halogens is 2. The molecule has 1 heterocycles. The van der Waals surface area contributed by atoms with Crippen LogP contribution in [0.3, 0.4) is 0 Å². The van der Waals surface area contributed by atoms with E-state index in [4.69, 9.17) is 16.9 Å². The van der Waals surface area contributed by atoms with Gasteiger partial charge in [0.05, 0.1) is 16.3 Å². The fourth-order valence-corrected chi connectivity index (χ4v) is 2.04. The predicted molar refractivity (Wildman–Crippen MR) is 76.1 cm³/mol. The van der Waals surface area contributed by atoms with Crippen LogP contribution in [0.5, 0.6) is 0 Å². The Morgan fingerprint density at radius 3 is 2.89 bits per heavy atom. The minimum absolute atomic E-state index is 0.512. The number of rotatable bonds is 2. The van der Waals surface area contributed by atoms with Crippen LogP contribution in [0.2, 0.25) is 5.02 Å². The lowest BCUT2D eigenvalue weighted by atomic mass is 10.1. The summed E-state index contributed by atoms with van der Waals surface area (Å²) in [5.41, 5.74) is 2.11. The van der Waals surface area contributed by atoms with E-state index in [0.29, 0.717) is 22.1 Å². The van der Waals surface area contributed by atoms with Crippen molar-refractivity contribution in [3.8, 4) is 6.07 Å². The fraction of sp³-hybridized carbons (Fsp3) is 0.0769. The molecule has 3 nitrogen and oxygen atoms in total. The molecule has 5 heteroatoms. The van der Waals surface area contributed by atoms with E-state index in [9.17, 15) is 0 Å². The minimum Gasteiger partial charge on any atom is -0.338 e. The summed E-state index contributed by atoms with van der Waals surface area (Å²) < 4.78 is 0.903. The molecule has 1 aromatic heterocycles. The molecule has 0 amide bonds. The normalized spacial score (nSPS) is 9.89. The second kappa shape index (κ2) is 5.38. The van der Waals surface area contributed by atoms with Crippen LogP contribution in [-0.4, -0.2) is 4.98 Å². The zero-order valence-corrected chi connectivity index (χ0v) is 11.9. The maximum absolute atomic E-state index is 9.13. The Kier molecular flexibility index (Phi) is 3.85. The number of aryl methyl sites for hydroxylation is 1. The number of anilines is 2. The van der Waals surface area contributed by atoms with Crippen molar-refractivity contribution in [3.05, 3.63) is 51.1 Å². The first-order valence-corrected chi connectivity index (χ1v) is 6.36. The van der Waals surface area contributed by atoms with E-state index >= 15 is 0 Å². The van der Waals surface area contributed by atoms with Gasteiger partial charge in [-0.3, -0.25) is 0 Å². The van der Waals surface area contributed by atoms with Gasteiger partial charge in [0.25, 0.3) is 0 Å². The van der Waals surface area contributed by atoms with Gasteiger partial charge in [0.15, 0.2) is 0 Å². The number of hydrogen-bond donors (Lipinski definition) is 1. The molecule has 2 rings (SSSR count). The van der Waals surface area contributed by atoms with Crippen LogP contribution in [-0.2, 0) is 0 Å². The molecule has 0 saturated heterocycles. The molecule has 0 bridgehead atoms. The lowest BCUT2D eigenvalue weighted by molar-refractivity contribution is 1.24. The molecule has 0 saturated carbocycles. The Hall–Kier alpha value is -1.57. The second-order valence-corrected chi connectivity index (χ2v) is 5.04. The molecular formula is C13H9BrClN3. The second-order valence-electron chi connectivity index (χ2n) is 3.71. The van der Waals surface area contributed by atoms with Crippen molar-refractivity contribution in [2.45, 2.75) is 6.92 Å². The molecule has 0 aliphatic rings. The summed E-state index contributed by atoms with van der Waals surface area (Å²) in [6, 6.07) is 9.40. The van der Waals surface area contributed by atoms with Gasteiger partial charge < -0.3 is 5.32 Å². The predicted octanol–water partition coefficient (Wildman–Crippen LogP) is 4.42. The number of benzene rings is 1. The van der Waals surface area contributed by atoms with Crippen molar-refractivity contribution >= 4 is 39.0 Å². The Labute approximate surface area is 119 Å². The number of pyridine rings is 1. The Morgan fingerprint density at radius 2 is 2.17 bits per heavy atom. The molecule has 1 aromatic carbocycles. The van der Waals surface area contributed by atoms with Crippen LogP contribution >= 0.6 is 27.5 Å². The van der Waals surface area contributed by atoms with Gasteiger partial charge in [-0.2, -0.15) is 5.26 Å². The summed E-state index contributed by atoms with van der Waals surface area (Å²) in [5.74, 6) is 0.512. The quantitative estimate of drug-likeness (QED) is 0.890. The zero-order chi connectivity index (χ0) is 13.1. The molecule has 0 fully saturated rings. The first-order valence-electron chi connectivity index (χ1n) is 5.19. The average Bonchev–Trinajstić information content (AvgIpc) is 2.34. The van der Waals surface area contributed by atoms with Crippen molar-refractivity contribution in [1.82, 2.24) is 4.98 Å². The molecule has 1 N–H and O–H groups in total. The molecule has 90 valence electrons. The first-order chi connectivity index (χ1) is 8.61. The van der Waals surface area contributed by atoms with Crippen LogP contribution in [0.25, 0.3) is 0 Å². The molecule has 0 radical (unpaired) electrons. The number of hydrogen-bond acceptors (Lipinski definition) is 3. The van der Waals surface area contributed by atoms with Gasteiger partial charge >= 0.3 is 0 Å². The monoisotopic (exact) mass is 321 g/mol. The number of nitrogens with zero attached hydrogens (tertiary/aromatic N) is 2. The molecule has 0 unspecified atom stereocenters. The van der Waals surface area contributed by atoms with Crippen molar-refractivity contribution < 1.29 is 0 Å². The Morgan fingerprint density at radius 1 is 1.39 bits per heavy atom. The highest BCUT2D eigenvalue weighted by molar-refractivity contribution is 9.10. The van der Waals surface area contributed by atoms with Gasteiger partial charge in [0.1, 0.15) is 11.9 Å². The minimum atomic E-state index is 0.512. The van der Waals surface area contributed by atoms with Crippen molar-refractivity contribution in [1.29, 1.82) is 5.26 Å². The van der Waals surface area contributed by atoms with Crippen molar-refractivity contribution in [3.63, 3.8) is 0 Å². The first kappa shape index (κ1) is 12.9. The summed E-state index contributed by atoms with van der Waals surface area (Å²) >= 11 is 9.46. The molecule has 18 heavy (non-hydrogen) atoms. The van der Waals surface area contributed by atoms with Gasteiger partial charge in [0.2, 0.25) is 0 Å². The summed E-state index contributed by atoms with van der Waals surface area (Å²) in [7, 11) is 0. The smallest absolute Gasteiger partial charge is 0.148 e. The average molecular weight is 323 g/mol. The van der Waals surface area contributed by atoms with E-state index < -0.39 is 0 Å². The van der Waals surface area contributed by atoms with Crippen LogP contribution in [0.15, 0.2) is 34.9 Å². The van der Waals surface area contributed by atoms with Crippen molar-refractivity contribution in [2.75, 3.05) is 5.32 Å². The topological polar surface area (TPSA) is 48.7 Å².